The Balaban J connectivity index is 2.38. The van der Waals surface area contributed by atoms with E-state index in [1.165, 1.54) is 0 Å². The van der Waals surface area contributed by atoms with Crippen LogP contribution in [0.5, 0.6) is 5.75 Å². The number of nitrogens with one attached hydrogen (secondary N) is 2. The number of para-hydroxylation sites is 1. The number of carbonyl (C=O) groups is 2. The lowest BCUT2D eigenvalue weighted by Crippen LogP contribution is -2.39. The third-order valence-corrected chi connectivity index (χ3v) is 3.50. The van der Waals surface area contributed by atoms with Gasteiger partial charge in [0.05, 0.1) is 13.2 Å². The van der Waals surface area contributed by atoms with Gasteiger partial charge in [-0.25, -0.2) is 0 Å². The number of benzene rings is 1. The number of hydrogen-bond acceptors (Lipinski definition) is 4. The molecule has 0 spiro atoms. The average Bonchev–Trinajstić information content (AvgIpc) is 2.58. The smallest absolute Gasteiger partial charge is 0.258 e. The van der Waals surface area contributed by atoms with E-state index < -0.39 is 0 Å². The van der Waals surface area contributed by atoms with Gasteiger partial charge < -0.3 is 20.1 Å². The minimum atomic E-state index is -0.328. The molecule has 23 heavy (non-hydrogen) atoms. The van der Waals surface area contributed by atoms with Crippen LogP contribution >= 0.6 is 0 Å². The predicted molar refractivity (Wildman–Crippen MR) is 88.5 cm³/mol. The van der Waals surface area contributed by atoms with E-state index in [9.17, 15) is 9.59 Å². The summed E-state index contributed by atoms with van der Waals surface area (Å²) in [6, 6.07) is 7.69. The van der Waals surface area contributed by atoms with Gasteiger partial charge >= 0.3 is 0 Å². The van der Waals surface area contributed by atoms with E-state index in [0.717, 1.165) is 12.0 Å². The molecule has 2 N–H and O–H groups in total. The van der Waals surface area contributed by atoms with Crippen LogP contribution in [-0.2, 0) is 14.3 Å². The number of amides is 2. The molecule has 6 heteroatoms. The molecule has 1 aromatic rings. The van der Waals surface area contributed by atoms with Crippen LogP contribution in [0.1, 0.15) is 31.7 Å². The number of ether oxygens (including phenoxy) is 2. The van der Waals surface area contributed by atoms with Crippen molar-refractivity contribution < 1.29 is 19.1 Å². The van der Waals surface area contributed by atoms with E-state index in [2.05, 4.69) is 24.5 Å². The molecule has 0 saturated carbocycles. The molecular formula is C17H26N2O4. The van der Waals surface area contributed by atoms with Gasteiger partial charge in [0.1, 0.15) is 5.75 Å². The van der Waals surface area contributed by atoms with Gasteiger partial charge in [0.2, 0.25) is 5.91 Å². The molecule has 1 aromatic carbocycles. The lowest BCUT2D eigenvalue weighted by Gasteiger charge is -2.15. The van der Waals surface area contributed by atoms with Crippen molar-refractivity contribution in [2.45, 2.75) is 26.2 Å². The molecule has 0 bridgehead atoms. The molecule has 0 heterocycles. The van der Waals surface area contributed by atoms with Crippen LogP contribution in [-0.4, -0.2) is 45.2 Å². The second-order valence-electron chi connectivity index (χ2n) is 5.26. The standard InChI is InChI=1S/C17H26N2O4/c1-4-13(2)14-7-5-6-8-15(14)23-12-17(21)19-11-16(20)18-9-10-22-3/h5-8,13H,4,9-12H2,1-3H3,(H,18,20)(H,19,21). The Labute approximate surface area is 137 Å². The highest BCUT2D eigenvalue weighted by molar-refractivity contribution is 5.85. The van der Waals surface area contributed by atoms with Crippen molar-refractivity contribution in [3.63, 3.8) is 0 Å². The van der Waals surface area contributed by atoms with Crippen molar-refractivity contribution in [3.05, 3.63) is 29.8 Å². The summed E-state index contributed by atoms with van der Waals surface area (Å²) >= 11 is 0. The Morgan fingerprint density at radius 1 is 1.17 bits per heavy atom. The van der Waals surface area contributed by atoms with Crippen LogP contribution < -0.4 is 15.4 Å². The van der Waals surface area contributed by atoms with Gasteiger partial charge in [-0.05, 0) is 24.0 Å². The van der Waals surface area contributed by atoms with E-state index in [-0.39, 0.29) is 25.0 Å². The monoisotopic (exact) mass is 322 g/mol. The van der Waals surface area contributed by atoms with Gasteiger partial charge in [-0.15, -0.1) is 0 Å². The van der Waals surface area contributed by atoms with E-state index >= 15 is 0 Å². The highest BCUT2D eigenvalue weighted by Crippen LogP contribution is 2.28. The minimum Gasteiger partial charge on any atom is -0.483 e. The Kier molecular flexibility index (Phi) is 8.75. The van der Waals surface area contributed by atoms with Crippen LogP contribution in [0.3, 0.4) is 0 Å². The molecule has 6 nitrogen and oxygen atoms in total. The maximum atomic E-state index is 11.8. The van der Waals surface area contributed by atoms with Crippen molar-refractivity contribution in [2.24, 2.45) is 0 Å². The van der Waals surface area contributed by atoms with E-state index in [4.69, 9.17) is 9.47 Å². The maximum Gasteiger partial charge on any atom is 0.258 e. The Morgan fingerprint density at radius 2 is 1.91 bits per heavy atom. The van der Waals surface area contributed by atoms with E-state index in [1.54, 1.807) is 7.11 Å². The van der Waals surface area contributed by atoms with Crippen molar-refractivity contribution in [2.75, 3.05) is 33.4 Å². The highest BCUT2D eigenvalue weighted by atomic mass is 16.5. The summed E-state index contributed by atoms with van der Waals surface area (Å²) in [4.78, 5) is 23.2. The fraction of sp³-hybridized carbons (Fsp3) is 0.529. The number of methoxy groups -OCH3 is 1. The first kappa shape index (κ1) is 19.0. The maximum absolute atomic E-state index is 11.8. The normalized spacial score (nSPS) is 11.6. The number of carbonyl (C=O) groups excluding carboxylic acids is 2. The average molecular weight is 322 g/mol. The van der Waals surface area contributed by atoms with Crippen LogP contribution in [0.25, 0.3) is 0 Å². The van der Waals surface area contributed by atoms with Crippen LogP contribution in [0.15, 0.2) is 24.3 Å². The third kappa shape index (κ3) is 7.15. The molecule has 0 radical (unpaired) electrons. The van der Waals surface area contributed by atoms with E-state index in [1.807, 2.05) is 24.3 Å². The Hall–Kier alpha value is -2.08. The van der Waals surface area contributed by atoms with Crippen molar-refractivity contribution >= 4 is 11.8 Å². The molecule has 1 unspecified atom stereocenters. The fourth-order valence-corrected chi connectivity index (χ4v) is 1.97. The van der Waals surface area contributed by atoms with Crippen molar-refractivity contribution in [1.29, 1.82) is 0 Å². The Morgan fingerprint density at radius 3 is 2.61 bits per heavy atom. The second kappa shape index (κ2) is 10.6. The largest absolute Gasteiger partial charge is 0.483 e. The van der Waals surface area contributed by atoms with Gasteiger partial charge in [-0.3, -0.25) is 9.59 Å². The summed E-state index contributed by atoms with van der Waals surface area (Å²) in [5.41, 5.74) is 1.08. The van der Waals surface area contributed by atoms with Gasteiger partial charge in [-0.2, -0.15) is 0 Å². The molecule has 0 aliphatic heterocycles. The van der Waals surface area contributed by atoms with Gasteiger partial charge in [-0.1, -0.05) is 32.0 Å². The van der Waals surface area contributed by atoms with Crippen LogP contribution in [0.2, 0.25) is 0 Å². The summed E-state index contributed by atoms with van der Waals surface area (Å²) < 4.78 is 10.4. The first-order valence-electron chi connectivity index (χ1n) is 7.82. The predicted octanol–water partition coefficient (Wildman–Crippen LogP) is 1.46. The van der Waals surface area contributed by atoms with Gasteiger partial charge in [0, 0.05) is 13.7 Å². The minimum absolute atomic E-state index is 0.0705. The van der Waals surface area contributed by atoms with Gasteiger partial charge in [0.25, 0.3) is 5.91 Å². The number of hydrogen-bond donors (Lipinski definition) is 2. The molecule has 1 rings (SSSR count). The first-order valence-corrected chi connectivity index (χ1v) is 7.82. The Bertz CT molecular complexity index is 505. The number of rotatable bonds is 10. The van der Waals surface area contributed by atoms with Crippen LogP contribution in [0, 0.1) is 0 Å². The second-order valence-corrected chi connectivity index (χ2v) is 5.26. The summed E-state index contributed by atoms with van der Waals surface area (Å²) in [5.74, 6) is 0.489. The topological polar surface area (TPSA) is 76.7 Å². The summed E-state index contributed by atoms with van der Waals surface area (Å²) in [6.07, 6.45) is 0.994. The summed E-state index contributed by atoms with van der Waals surface area (Å²) in [7, 11) is 1.56. The third-order valence-electron chi connectivity index (χ3n) is 3.50. The molecule has 2 amide bonds. The lowest BCUT2D eigenvalue weighted by atomic mass is 9.98. The highest BCUT2D eigenvalue weighted by Gasteiger charge is 2.11. The van der Waals surface area contributed by atoms with E-state index in [0.29, 0.717) is 24.8 Å². The molecular weight excluding hydrogens is 296 g/mol. The molecule has 0 saturated heterocycles. The summed E-state index contributed by atoms with van der Waals surface area (Å²) in [6.45, 7) is 4.90. The molecule has 0 aliphatic rings. The molecule has 1 atom stereocenters. The molecule has 0 aliphatic carbocycles. The zero-order valence-electron chi connectivity index (χ0n) is 14.1. The van der Waals surface area contributed by atoms with Crippen molar-refractivity contribution in [1.82, 2.24) is 10.6 Å². The zero-order valence-corrected chi connectivity index (χ0v) is 14.1. The lowest BCUT2D eigenvalue weighted by molar-refractivity contribution is -0.127. The quantitative estimate of drug-likeness (QED) is 0.639. The van der Waals surface area contributed by atoms with Gasteiger partial charge in [0.15, 0.2) is 6.61 Å². The zero-order chi connectivity index (χ0) is 17.1. The molecule has 128 valence electrons. The fourth-order valence-electron chi connectivity index (χ4n) is 1.97. The SMILES string of the molecule is CCC(C)c1ccccc1OCC(=O)NCC(=O)NCCOC. The molecule has 0 aromatic heterocycles. The first-order chi connectivity index (χ1) is 11.1. The van der Waals surface area contributed by atoms with Crippen LogP contribution in [0.4, 0.5) is 0 Å². The van der Waals surface area contributed by atoms with Crippen molar-refractivity contribution in [3.8, 4) is 5.75 Å². The summed E-state index contributed by atoms with van der Waals surface area (Å²) in [5, 5.41) is 5.15. The molecule has 0 fully saturated rings.